The van der Waals surface area contributed by atoms with Crippen LogP contribution in [0.3, 0.4) is 0 Å². The summed E-state index contributed by atoms with van der Waals surface area (Å²) in [6.07, 6.45) is 0.215. The van der Waals surface area contributed by atoms with Gasteiger partial charge in [-0.3, -0.25) is 4.90 Å². The third-order valence-corrected chi connectivity index (χ3v) is 4.86. The highest BCUT2D eigenvalue weighted by Gasteiger charge is 2.29. The molecule has 0 aromatic heterocycles. The third-order valence-electron chi connectivity index (χ3n) is 4.86. The Labute approximate surface area is 149 Å². The lowest BCUT2D eigenvalue weighted by molar-refractivity contribution is 0.173. The Morgan fingerprint density at radius 3 is 2.60 bits per heavy atom. The molecule has 3 atom stereocenters. The molecule has 2 amide bonds. The molecule has 4 heteroatoms. The van der Waals surface area contributed by atoms with Gasteiger partial charge in [-0.2, -0.15) is 0 Å². The lowest BCUT2D eigenvalue weighted by Crippen LogP contribution is -2.41. The Morgan fingerprint density at radius 2 is 1.88 bits per heavy atom. The first-order valence-electron chi connectivity index (χ1n) is 8.93. The van der Waals surface area contributed by atoms with Crippen molar-refractivity contribution in [2.24, 2.45) is 0 Å². The summed E-state index contributed by atoms with van der Waals surface area (Å²) in [5, 5.41) is 12.9. The first-order valence-corrected chi connectivity index (χ1v) is 8.93. The standard InChI is InChI=1S/C21H26N2O2/c1-15-14-23(20-11-7-6-10-19(15)20)21(25)22-13-18(12-16(2)24)17-8-4-3-5-9-17/h3-11,15-16,18,24H,12-14H2,1-2H3,(H,22,25)/t15-,16-,18+/m0/s1. The van der Waals surface area contributed by atoms with Gasteiger partial charge < -0.3 is 10.4 Å². The second kappa shape index (κ2) is 7.70. The molecule has 2 N–H and O–H groups in total. The van der Waals surface area contributed by atoms with Crippen LogP contribution in [0.5, 0.6) is 0 Å². The minimum atomic E-state index is -0.408. The van der Waals surface area contributed by atoms with Gasteiger partial charge in [0.05, 0.1) is 6.10 Å². The highest BCUT2D eigenvalue weighted by Crippen LogP contribution is 2.35. The Hall–Kier alpha value is -2.33. The second-order valence-corrected chi connectivity index (χ2v) is 6.95. The van der Waals surface area contributed by atoms with Crippen molar-refractivity contribution in [1.82, 2.24) is 5.32 Å². The fourth-order valence-electron chi connectivity index (χ4n) is 3.59. The molecule has 0 fully saturated rings. The van der Waals surface area contributed by atoms with Gasteiger partial charge in [0, 0.05) is 30.6 Å². The van der Waals surface area contributed by atoms with Crippen LogP contribution < -0.4 is 10.2 Å². The molecular formula is C21H26N2O2. The maximum Gasteiger partial charge on any atom is 0.321 e. The number of fused-ring (bicyclic) bond motifs is 1. The number of aliphatic hydroxyl groups is 1. The second-order valence-electron chi connectivity index (χ2n) is 6.95. The van der Waals surface area contributed by atoms with E-state index in [9.17, 15) is 9.90 Å². The van der Waals surface area contributed by atoms with Gasteiger partial charge in [-0.05, 0) is 30.5 Å². The largest absolute Gasteiger partial charge is 0.393 e. The minimum absolute atomic E-state index is 0.0664. The zero-order chi connectivity index (χ0) is 17.8. The number of para-hydroxylation sites is 1. The van der Waals surface area contributed by atoms with Crippen LogP contribution in [0.25, 0.3) is 0 Å². The molecular weight excluding hydrogens is 312 g/mol. The van der Waals surface area contributed by atoms with Crippen LogP contribution in [-0.2, 0) is 0 Å². The van der Waals surface area contributed by atoms with Gasteiger partial charge in [-0.15, -0.1) is 0 Å². The van der Waals surface area contributed by atoms with Gasteiger partial charge in [0.15, 0.2) is 0 Å². The molecule has 0 spiro atoms. The number of amides is 2. The average Bonchev–Trinajstić information content (AvgIpc) is 2.96. The van der Waals surface area contributed by atoms with E-state index in [1.165, 1.54) is 5.56 Å². The molecule has 0 radical (unpaired) electrons. The SMILES string of the molecule is C[C@H](O)C[C@H](CNC(=O)N1C[C@H](C)c2ccccc21)c1ccccc1. The number of nitrogens with zero attached hydrogens (tertiary/aromatic N) is 1. The van der Waals surface area contributed by atoms with E-state index in [-0.39, 0.29) is 11.9 Å². The van der Waals surface area contributed by atoms with Crippen LogP contribution in [0.4, 0.5) is 10.5 Å². The van der Waals surface area contributed by atoms with E-state index in [2.05, 4.69) is 18.3 Å². The fourth-order valence-corrected chi connectivity index (χ4v) is 3.59. The molecule has 1 aliphatic rings. The molecule has 0 aliphatic carbocycles. The van der Waals surface area contributed by atoms with Crippen molar-refractivity contribution in [1.29, 1.82) is 0 Å². The number of rotatable bonds is 5. The molecule has 132 valence electrons. The summed E-state index contributed by atoms with van der Waals surface area (Å²) in [7, 11) is 0. The Morgan fingerprint density at radius 1 is 1.20 bits per heavy atom. The van der Waals surface area contributed by atoms with E-state index in [0.29, 0.717) is 25.4 Å². The number of nitrogens with one attached hydrogen (secondary N) is 1. The van der Waals surface area contributed by atoms with Crippen LogP contribution in [0.2, 0.25) is 0 Å². The summed E-state index contributed by atoms with van der Waals surface area (Å²) in [6, 6.07) is 18.1. The van der Waals surface area contributed by atoms with E-state index in [4.69, 9.17) is 0 Å². The molecule has 2 aromatic rings. The number of urea groups is 1. The normalized spacial score (nSPS) is 18.5. The monoisotopic (exact) mass is 338 g/mol. The van der Waals surface area contributed by atoms with Gasteiger partial charge in [-0.25, -0.2) is 4.79 Å². The molecule has 1 heterocycles. The molecule has 0 bridgehead atoms. The van der Waals surface area contributed by atoms with Crippen molar-refractivity contribution < 1.29 is 9.90 Å². The number of carbonyl (C=O) groups is 1. The number of carbonyl (C=O) groups excluding carboxylic acids is 1. The molecule has 25 heavy (non-hydrogen) atoms. The predicted molar refractivity (Wildman–Crippen MR) is 101 cm³/mol. The number of hydrogen-bond acceptors (Lipinski definition) is 2. The van der Waals surface area contributed by atoms with Crippen LogP contribution >= 0.6 is 0 Å². The molecule has 4 nitrogen and oxygen atoms in total. The van der Waals surface area contributed by atoms with E-state index in [1.54, 1.807) is 6.92 Å². The fraction of sp³-hybridized carbons (Fsp3) is 0.381. The summed E-state index contributed by atoms with van der Waals surface area (Å²) in [5.74, 6) is 0.449. The number of anilines is 1. The van der Waals surface area contributed by atoms with Crippen molar-refractivity contribution >= 4 is 11.7 Å². The third kappa shape index (κ3) is 4.02. The van der Waals surface area contributed by atoms with Crippen LogP contribution in [0.1, 0.15) is 43.2 Å². The minimum Gasteiger partial charge on any atom is -0.393 e. The molecule has 1 aliphatic heterocycles. The van der Waals surface area contributed by atoms with Gasteiger partial charge in [0.25, 0.3) is 0 Å². The van der Waals surface area contributed by atoms with Gasteiger partial charge in [0.1, 0.15) is 0 Å². The lowest BCUT2D eigenvalue weighted by Gasteiger charge is -2.23. The number of aliphatic hydroxyl groups excluding tert-OH is 1. The molecule has 0 unspecified atom stereocenters. The Balaban J connectivity index is 1.68. The van der Waals surface area contributed by atoms with Crippen molar-refractivity contribution in [2.75, 3.05) is 18.0 Å². The highest BCUT2D eigenvalue weighted by atomic mass is 16.3. The summed E-state index contributed by atoms with van der Waals surface area (Å²) >= 11 is 0. The van der Waals surface area contributed by atoms with E-state index in [0.717, 1.165) is 11.3 Å². The van der Waals surface area contributed by atoms with Crippen LogP contribution in [0.15, 0.2) is 54.6 Å². The number of hydrogen-bond donors (Lipinski definition) is 2. The van der Waals surface area contributed by atoms with Gasteiger partial charge >= 0.3 is 6.03 Å². The van der Waals surface area contributed by atoms with Crippen molar-refractivity contribution in [3.8, 4) is 0 Å². The maximum absolute atomic E-state index is 12.7. The smallest absolute Gasteiger partial charge is 0.321 e. The molecule has 0 saturated carbocycles. The molecule has 0 saturated heterocycles. The summed E-state index contributed by atoms with van der Waals surface area (Å²) in [4.78, 5) is 14.6. The lowest BCUT2D eigenvalue weighted by atomic mass is 9.93. The van der Waals surface area contributed by atoms with E-state index >= 15 is 0 Å². The summed E-state index contributed by atoms with van der Waals surface area (Å²) < 4.78 is 0. The summed E-state index contributed by atoms with van der Waals surface area (Å²) in [5.41, 5.74) is 3.36. The predicted octanol–water partition coefficient (Wildman–Crippen LogP) is 3.87. The molecule has 3 rings (SSSR count). The van der Waals surface area contributed by atoms with Crippen LogP contribution in [-0.4, -0.2) is 30.3 Å². The zero-order valence-electron chi connectivity index (χ0n) is 14.9. The Kier molecular flexibility index (Phi) is 5.39. The zero-order valence-corrected chi connectivity index (χ0v) is 14.9. The number of benzene rings is 2. The van der Waals surface area contributed by atoms with Gasteiger partial charge in [-0.1, -0.05) is 55.5 Å². The van der Waals surface area contributed by atoms with Crippen LogP contribution in [0, 0.1) is 0 Å². The van der Waals surface area contributed by atoms with Crippen molar-refractivity contribution in [2.45, 2.75) is 38.2 Å². The first kappa shape index (κ1) is 17.5. The first-order chi connectivity index (χ1) is 12.1. The molecule has 2 aromatic carbocycles. The van der Waals surface area contributed by atoms with Crippen molar-refractivity contribution in [3.05, 3.63) is 65.7 Å². The Bertz CT molecular complexity index is 715. The summed E-state index contributed by atoms with van der Waals surface area (Å²) in [6.45, 7) is 5.15. The van der Waals surface area contributed by atoms with Crippen molar-refractivity contribution in [3.63, 3.8) is 0 Å². The van der Waals surface area contributed by atoms with E-state index in [1.807, 2.05) is 53.4 Å². The van der Waals surface area contributed by atoms with E-state index < -0.39 is 6.10 Å². The topological polar surface area (TPSA) is 52.6 Å². The quantitative estimate of drug-likeness (QED) is 0.869. The highest BCUT2D eigenvalue weighted by molar-refractivity contribution is 5.94. The average molecular weight is 338 g/mol. The van der Waals surface area contributed by atoms with Gasteiger partial charge in [0.2, 0.25) is 0 Å². The maximum atomic E-state index is 12.7.